The molecule has 2 aromatic rings. The number of carbonyl (C=O) groups is 1. The van der Waals surface area contributed by atoms with Crippen LogP contribution in [0.4, 0.5) is 4.39 Å². The fourth-order valence-corrected chi connectivity index (χ4v) is 4.71. The van der Waals surface area contributed by atoms with Crippen LogP contribution in [0.2, 0.25) is 0 Å². The second-order valence-electron chi connectivity index (χ2n) is 9.81. The van der Waals surface area contributed by atoms with Crippen molar-refractivity contribution in [1.82, 2.24) is 19.8 Å². The van der Waals surface area contributed by atoms with E-state index >= 15 is 4.39 Å². The molecule has 8 heteroatoms. The Kier molecular flexibility index (Phi) is 9.40. The molecule has 1 aromatic heterocycles. The third kappa shape index (κ3) is 6.93. The third-order valence-electron chi connectivity index (χ3n) is 6.83. The summed E-state index contributed by atoms with van der Waals surface area (Å²) in [5.41, 5.74) is 8.86. The van der Waals surface area contributed by atoms with Gasteiger partial charge in [0.05, 0.1) is 28.6 Å². The van der Waals surface area contributed by atoms with Crippen LogP contribution < -0.4 is 5.73 Å². The van der Waals surface area contributed by atoms with Gasteiger partial charge in [-0.2, -0.15) is 0 Å². The molecule has 0 aliphatic carbocycles. The predicted molar refractivity (Wildman–Crippen MR) is 147 cm³/mol. The SMILES string of the molecule is C=C(C#Cc1c(CC)ncnc1-c1ccc(C(=O)N2CCN(CC3CCCO3)CC2)c(F)c1)/C=C\C(C)N. The third-order valence-corrected chi connectivity index (χ3v) is 6.83. The fraction of sp³-hybridized carbons (Fsp3) is 0.433. The lowest BCUT2D eigenvalue weighted by atomic mass is 10.0. The first kappa shape index (κ1) is 27.6. The zero-order valence-corrected chi connectivity index (χ0v) is 22.3. The van der Waals surface area contributed by atoms with E-state index in [1.807, 2.05) is 19.9 Å². The van der Waals surface area contributed by atoms with E-state index in [1.54, 1.807) is 23.1 Å². The first-order chi connectivity index (χ1) is 18.4. The first-order valence-electron chi connectivity index (χ1n) is 13.3. The molecule has 2 unspecified atom stereocenters. The monoisotopic (exact) mass is 517 g/mol. The van der Waals surface area contributed by atoms with Crippen molar-refractivity contribution in [3.8, 4) is 23.1 Å². The molecule has 3 heterocycles. The lowest BCUT2D eigenvalue weighted by Crippen LogP contribution is -2.50. The zero-order valence-electron chi connectivity index (χ0n) is 22.3. The fourth-order valence-electron chi connectivity index (χ4n) is 4.71. The number of nitrogens with zero attached hydrogens (tertiary/aromatic N) is 4. The summed E-state index contributed by atoms with van der Waals surface area (Å²) in [4.78, 5) is 26.0. The Morgan fingerprint density at radius 1 is 1.32 bits per heavy atom. The molecule has 0 saturated carbocycles. The molecule has 2 N–H and O–H groups in total. The molecule has 0 bridgehead atoms. The molecule has 2 aliphatic heterocycles. The molecule has 2 saturated heterocycles. The van der Waals surface area contributed by atoms with Crippen molar-refractivity contribution in [2.45, 2.75) is 45.3 Å². The number of hydrogen-bond acceptors (Lipinski definition) is 6. The molecule has 4 rings (SSSR count). The van der Waals surface area contributed by atoms with Gasteiger partial charge >= 0.3 is 0 Å². The quantitative estimate of drug-likeness (QED) is 0.446. The van der Waals surface area contributed by atoms with E-state index in [1.165, 1.54) is 12.4 Å². The Labute approximate surface area is 224 Å². The molecule has 7 nitrogen and oxygen atoms in total. The number of rotatable bonds is 7. The molecular formula is C30H36FN5O2. The summed E-state index contributed by atoms with van der Waals surface area (Å²) < 4.78 is 21.0. The summed E-state index contributed by atoms with van der Waals surface area (Å²) in [6.45, 7) is 12.2. The Morgan fingerprint density at radius 3 is 2.76 bits per heavy atom. The summed E-state index contributed by atoms with van der Waals surface area (Å²) in [7, 11) is 0. The molecule has 2 aliphatic rings. The minimum Gasteiger partial charge on any atom is -0.377 e. The van der Waals surface area contributed by atoms with Crippen molar-refractivity contribution in [3.05, 3.63) is 71.5 Å². The second-order valence-corrected chi connectivity index (χ2v) is 9.81. The Hall–Kier alpha value is -3.38. The van der Waals surface area contributed by atoms with Crippen LogP contribution >= 0.6 is 0 Å². The number of aromatic nitrogens is 2. The van der Waals surface area contributed by atoms with Crippen molar-refractivity contribution < 1.29 is 13.9 Å². The topological polar surface area (TPSA) is 84.6 Å². The smallest absolute Gasteiger partial charge is 0.256 e. The van der Waals surface area contributed by atoms with Gasteiger partial charge in [-0.15, -0.1) is 0 Å². The van der Waals surface area contributed by atoms with Gasteiger partial charge in [-0.1, -0.05) is 37.5 Å². The van der Waals surface area contributed by atoms with E-state index in [-0.39, 0.29) is 23.6 Å². The highest BCUT2D eigenvalue weighted by atomic mass is 19.1. The van der Waals surface area contributed by atoms with Crippen LogP contribution in [-0.2, 0) is 11.2 Å². The van der Waals surface area contributed by atoms with E-state index in [2.05, 4.69) is 33.3 Å². The Bertz CT molecular complexity index is 1250. The van der Waals surface area contributed by atoms with Crippen LogP contribution in [-0.4, -0.2) is 77.2 Å². The number of piperazine rings is 1. The average molecular weight is 518 g/mol. The van der Waals surface area contributed by atoms with Gasteiger partial charge < -0.3 is 15.4 Å². The van der Waals surface area contributed by atoms with Gasteiger partial charge in [-0.25, -0.2) is 14.4 Å². The minimum atomic E-state index is -0.575. The Balaban J connectivity index is 1.50. The number of hydrogen-bond donors (Lipinski definition) is 1. The zero-order chi connectivity index (χ0) is 27.1. The molecule has 200 valence electrons. The standard InChI is InChI=1S/C30H36FN5O2/c1-4-28-26(11-8-21(2)7-9-22(3)32)29(34-20-33-28)23-10-12-25(27(31)18-23)30(37)36-15-13-35(14-16-36)19-24-6-5-17-38-24/h7,9-10,12,18,20,22,24H,2,4-6,13-17,19,32H2,1,3H3/b9-7-. The normalized spacial score (nSPS) is 18.8. The summed E-state index contributed by atoms with van der Waals surface area (Å²) in [6, 6.07) is 4.52. The first-order valence-corrected chi connectivity index (χ1v) is 13.3. The van der Waals surface area contributed by atoms with Gasteiger partial charge in [0.2, 0.25) is 0 Å². The molecule has 0 radical (unpaired) electrons. The molecule has 2 fully saturated rings. The molecule has 1 amide bonds. The number of carbonyl (C=O) groups excluding carboxylic acids is 1. The van der Waals surface area contributed by atoms with Crippen molar-refractivity contribution in [3.63, 3.8) is 0 Å². The highest BCUT2D eigenvalue weighted by Gasteiger charge is 2.27. The number of amides is 1. The van der Waals surface area contributed by atoms with Crippen molar-refractivity contribution >= 4 is 5.91 Å². The van der Waals surface area contributed by atoms with Crippen molar-refractivity contribution in [2.75, 3.05) is 39.3 Å². The minimum absolute atomic E-state index is 0.0631. The maximum atomic E-state index is 15.3. The van der Waals surface area contributed by atoms with Crippen molar-refractivity contribution in [1.29, 1.82) is 0 Å². The largest absolute Gasteiger partial charge is 0.377 e. The van der Waals surface area contributed by atoms with Gasteiger partial charge in [-0.05, 0) is 44.4 Å². The highest BCUT2D eigenvalue weighted by Crippen LogP contribution is 2.26. The van der Waals surface area contributed by atoms with E-state index in [4.69, 9.17) is 10.5 Å². The molecule has 0 spiro atoms. The van der Waals surface area contributed by atoms with Crippen molar-refractivity contribution in [2.24, 2.45) is 5.73 Å². The predicted octanol–water partition coefficient (Wildman–Crippen LogP) is 3.59. The summed E-state index contributed by atoms with van der Waals surface area (Å²) in [5, 5.41) is 0. The number of allylic oxidation sites excluding steroid dienone is 2. The van der Waals surface area contributed by atoms with Gasteiger partial charge in [-0.3, -0.25) is 9.69 Å². The number of benzene rings is 1. The second kappa shape index (κ2) is 12.9. The number of ether oxygens (including phenoxy) is 1. The number of nitrogens with two attached hydrogens (primary N) is 1. The van der Waals surface area contributed by atoms with Gasteiger partial charge in [0, 0.05) is 56.5 Å². The Morgan fingerprint density at radius 2 is 2.11 bits per heavy atom. The van der Waals surface area contributed by atoms with Crippen LogP contribution in [0.3, 0.4) is 0 Å². The molecule has 2 atom stereocenters. The van der Waals surface area contributed by atoms with E-state index in [0.717, 1.165) is 44.8 Å². The number of aryl methyl sites for hydroxylation is 1. The van der Waals surface area contributed by atoms with Crippen LogP contribution in [0, 0.1) is 17.7 Å². The summed E-state index contributed by atoms with van der Waals surface area (Å²) in [5.74, 6) is 5.27. The lowest BCUT2D eigenvalue weighted by molar-refractivity contribution is 0.0430. The van der Waals surface area contributed by atoms with E-state index in [9.17, 15) is 4.79 Å². The van der Waals surface area contributed by atoms with Crippen LogP contribution in [0.5, 0.6) is 0 Å². The average Bonchev–Trinajstić information content (AvgIpc) is 3.43. The van der Waals surface area contributed by atoms with E-state index in [0.29, 0.717) is 41.9 Å². The number of halogens is 1. The molecule has 38 heavy (non-hydrogen) atoms. The van der Waals surface area contributed by atoms with Crippen LogP contribution in [0.25, 0.3) is 11.3 Å². The maximum Gasteiger partial charge on any atom is 0.256 e. The summed E-state index contributed by atoms with van der Waals surface area (Å²) >= 11 is 0. The highest BCUT2D eigenvalue weighted by molar-refractivity contribution is 5.95. The molecule has 1 aromatic carbocycles. The van der Waals surface area contributed by atoms with Crippen LogP contribution in [0.1, 0.15) is 48.3 Å². The van der Waals surface area contributed by atoms with E-state index < -0.39 is 5.82 Å². The lowest BCUT2D eigenvalue weighted by Gasteiger charge is -2.35. The molecular weight excluding hydrogens is 481 g/mol. The maximum absolute atomic E-state index is 15.3. The van der Waals surface area contributed by atoms with Gasteiger partial charge in [0.1, 0.15) is 12.1 Å². The van der Waals surface area contributed by atoms with Crippen LogP contribution in [0.15, 0.2) is 48.8 Å². The summed E-state index contributed by atoms with van der Waals surface area (Å²) in [6.07, 6.45) is 8.18. The van der Waals surface area contributed by atoms with Gasteiger partial charge in [0.25, 0.3) is 5.91 Å². The van der Waals surface area contributed by atoms with Gasteiger partial charge in [0.15, 0.2) is 0 Å².